The molecule has 106 valence electrons. The first-order valence-electron chi connectivity index (χ1n) is 7.43. The fourth-order valence-electron chi connectivity index (χ4n) is 2.70. The van der Waals surface area contributed by atoms with Gasteiger partial charge in [0, 0.05) is 6.54 Å². The van der Waals surface area contributed by atoms with E-state index in [2.05, 4.69) is 10.2 Å². The van der Waals surface area contributed by atoms with Gasteiger partial charge in [-0.2, -0.15) is 0 Å². The highest BCUT2D eigenvalue weighted by Crippen LogP contribution is 2.16. The molecule has 3 heteroatoms. The van der Waals surface area contributed by atoms with Crippen LogP contribution in [0.3, 0.4) is 0 Å². The van der Waals surface area contributed by atoms with E-state index in [-0.39, 0.29) is 0 Å². The van der Waals surface area contributed by atoms with Crippen LogP contribution in [-0.4, -0.2) is 44.7 Å². The zero-order valence-electron chi connectivity index (χ0n) is 12.0. The number of rotatable bonds is 7. The van der Waals surface area contributed by atoms with Gasteiger partial charge in [-0.15, -0.1) is 0 Å². The average Bonchev–Trinajstić information content (AvgIpc) is 2.47. The molecule has 0 aliphatic carbocycles. The Hall–Kier alpha value is -1.06. The first-order valence-corrected chi connectivity index (χ1v) is 7.43. The fourth-order valence-corrected chi connectivity index (χ4v) is 2.70. The van der Waals surface area contributed by atoms with Gasteiger partial charge in [0.15, 0.2) is 0 Å². The predicted molar refractivity (Wildman–Crippen MR) is 79.6 cm³/mol. The Morgan fingerprint density at radius 3 is 2.63 bits per heavy atom. The van der Waals surface area contributed by atoms with Gasteiger partial charge >= 0.3 is 0 Å². The number of benzene rings is 1. The molecular formula is C16H26N2O. The summed E-state index contributed by atoms with van der Waals surface area (Å²) in [4.78, 5) is 2.57. The van der Waals surface area contributed by atoms with E-state index in [9.17, 15) is 0 Å². The fraction of sp³-hybridized carbons (Fsp3) is 0.625. The molecule has 2 rings (SSSR count). The summed E-state index contributed by atoms with van der Waals surface area (Å²) in [6.45, 7) is 5.65. The molecule has 0 atom stereocenters. The van der Waals surface area contributed by atoms with Crippen LogP contribution in [0, 0.1) is 5.92 Å². The van der Waals surface area contributed by atoms with E-state index in [4.69, 9.17) is 4.74 Å². The van der Waals surface area contributed by atoms with E-state index < -0.39 is 0 Å². The SMILES string of the molecule is CNCC1CCN(CCCOc2ccccc2)CC1. The zero-order chi connectivity index (χ0) is 13.3. The van der Waals surface area contributed by atoms with Crippen molar-refractivity contribution in [3.8, 4) is 5.75 Å². The Balaban J connectivity index is 1.55. The summed E-state index contributed by atoms with van der Waals surface area (Å²) in [6, 6.07) is 10.1. The van der Waals surface area contributed by atoms with Crippen molar-refractivity contribution in [1.82, 2.24) is 10.2 Å². The summed E-state index contributed by atoms with van der Waals surface area (Å²) in [6.07, 6.45) is 3.78. The van der Waals surface area contributed by atoms with E-state index in [1.54, 1.807) is 0 Å². The number of ether oxygens (including phenoxy) is 1. The van der Waals surface area contributed by atoms with Gasteiger partial charge in [0.05, 0.1) is 6.61 Å². The van der Waals surface area contributed by atoms with E-state index in [0.29, 0.717) is 0 Å². The molecule has 0 amide bonds. The van der Waals surface area contributed by atoms with Gasteiger partial charge in [0.1, 0.15) is 5.75 Å². The van der Waals surface area contributed by atoms with Crippen molar-refractivity contribution in [2.75, 3.05) is 39.8 Å². The lowest BCUT2D eigenvalue weighted by molar-refractivity contribution is 0.170. The van der Waals surface area contributed by atoms with Crippen LogP contribution in [0.15, 0.2) is 30.3 Å². The van der Waals surface area contributed by atoms with E-state index >= 15 is 0 Å². The Bertz CT molecular complexity index is 334. The third kappa shape index (κ3) is 5.21. The summed E-state index contributed by atoms with van der Waals surface area (Å²) in [5.74, 6) is 1.86. The van der Waals surface area contributed by atoms with Crippen molar-refractivity contribution >= 4 is 0 Å². The molecule has 3 nitrogen and oxygen atoms in total. The largest absolute Gasteiger partial charge is 0.494 e. The monoisotopic (exact) mass is 262 g/mol. The van der Waals surface area contributed by atoms with Crippen molar-refractivity contribution < 1.29 is 4.74 Å². The van der Waals surface area contributed by atoms with Gasteiger partial charge < -0.3 is 15.0 Å². The third-order valence-corrected chi connectivity index (χ3v) is 3.83. The highest BCUT2D eigenvalue weighted by molar-refractivity contribution is 5.20. The number of nitrogens with one attached hydrogen (secondary N) is 1. The Morgan fingerprint density at radius 2 is 1.95 bits per heavy atom. The van der Waals surface area contributed by atoms with Crippen molar-refractivity contribution in [2.24, 2.45) is 5.92 Å². The van der Waals surface area contributed by atoms with Crippen LogP contribution in [0.2, 0.25) is 0 Å². The molecule has 0 saturated carbocycles. The zero-order valence-corrected chi connectivity index (χ0v) is 12.0. The molecule has 0 aromatic heterocycles. The van der Waals surface area contributed by atoms with Crippen LogP contribution in [0.1, 0.15) is 19.3 Å². The smallest absolute Gasteiger partial charge is 0.119 e. The van der Waals surface area contributed by atoms with Crippen molar-refractivity contribution in [3.63, 3.8) is 0 Å². The van der Waals surface area contributed by atoms with E-state index in [0.717, 1.165) is 24.7 Å². The quantitative estimate of drug-likeness (QED) is 0.764. The van der Waals surface area contributed by atoms with Crippen LogP contribution >= 0.6 is 0 Å². The molecule has 1 heterocycles. The second kappa shape index (κ2) is 8.18. The van der Waals surface area contributed by atoms with Crippen LogP contribution < -0.4 is 10.1 Å². The number of piperidine rings is 1. The van der Waals surface area contributed by atoms with Gasteiger partial charge in [-0.3, -0.25) is 0 Å². The number of likely N-dealkylation sites (tertiary alicyclic amines) is 1. The molecule has 1 aromatic rings. The Labute approximate surface area is 116 Å². The molecule has 19 heavy (non-hydrogen) atoms. The Kier molecular flexibility index (Phi) is 6.18. The normalized spacial score (nSPS) is 17.5. The van der Waals surface area contributed by atoms with Gasteiger partial charge in [-0.1, -0.05) is 18.2 Å². The molecule has 0 unspecified atom stereocenters. The molecule has 0 bridgehead atoms. The molecule has 1 aliphatic heterocycles. The molecule has 0 radical (unpaired) electrons. The second-order valence-electron chi connectivity index (χ2n) is 5.36. The van der Waals surface area contributed by atoms with Crippen LogP contribution in [0.4, 0.5) is 0 Å². The van der Waals surface area contributed by atoms with Gasteiger partial charge in [0.25, 0.3) is 0 Å². The topological polar surface area (TPSA) is 24.5 Å². The van der Waals surface area contributed by atoms with Crippen molar-refractivity contribution in [2.45, 2.75) is 19.3 Å². The highest BCUT2D eigenvalue weighted by Gasteiger charge is 2.17. The second-order valence-corrected chi connectivity index (χ2v) is 5.36. The summed E-state index contributed by atoms with van der Waals surface area (Å²) in [7, 11) is 2.05. The maximum atomic E-state index is 5.72. The van der Waals surface area contributed by atoms with E-state index in [1.807, 2.05) is 37.4 Å². The van der Waals surface area contributed by atoms with Crippen LogP contribution in [0.25, 0.3) is 0 Å². The summed E-state index contributed by atoms with van der Waals surface area (Å²) < 4.78 is 5.72. The molecular weight excluding hydrogens is 236 g/mol. The number of para-hydroxylation sites is 1. The van der Waals surface area contributed by atoms with Crippen LogP contribution in [-0.2, 0) is 0 Å². The van der Waals surface area contributed by atoms with Crippen molar-refractivity contribution in [3.05, 3.63) is 30.3 Å². The van der Waals surface area contributed by atoms with Gasteiger partial charge in [-0.05, 0) is 64.0 Å². The standard InChI is InChI=1S/C16H26N2O/c1-17-14-15-8-11-18(12-9-15)10-5-13-19-16-6-3-2-4-7-16/h2-4,6-7,15,17H,5,8-14H2,1H3. The summed E-state index contributed by atoms with van der Waals surface area (Å²) in [5, 5.41) is 3.28. The molecule has 0 spiro atoms. The predicted octanol–water partition coefficient (Wildman–Crippen LogP) is 2.39. The number of nitrogens with zero attached hydrogens (tertiary/aromatic N) is 1. The molecule has 1 aromatic carbocycles. The molecule has 1 fully saturated rings. The van der Waals surface area contributed by atoms with Gasteiger partial charge in [-0.25, -0.2) is 0 Å². The van der Waals surface area contributed by atoms with Gasteiger partial charge in [0.2, 0.25) is 0 Å². The van der Waals surface area contributed by atoms with Crippen LogP contribution in [0.5, 0.6) is 5.75 Å². The third-order valence-electron chi connectivity index (χ3n) is 3.83. The molecule has 1 saturated heterocycles. The first-order chi connectivity index (χ1) is 9.38. The minimum atomic E-state index is 0.820. The maximum Gasteiger partial charge on any atom is 0.119 e. The number of hydrogen-bond donors (Lipinski definition) is 1. The minimum absolute atomic E-state index is 0.820. The average molecular weight is 262 g/mol. The molecule has 1 aliphatic rings. The lowest BCUT2D eigenvalue weighted by Gasteiger charge is -2.31. The highest BCUT2D eigenvalue weighted by atomic mass is 16.5. The van der Waals surface area contributed by atoms with E-state index in [1.165, 1.54) is 39.0 Å². The maximum absolute atomic E-state index is 5.72. The first kappa shape index (κ1) is 14.4. The lowest BCUT2D eigenvalue weighted by Crippen LogP contribution is -2.37. The Morgan fingerprint density at radius 1 is 1.21 bits per heavy atom. The summed E-state index contributed by atoms with van der Waals surface area (Å²) in [5.41, 5.74) is 0. The lowest BCUT2D eigenvalue weighted by atomic mass is 9.97. The van der Waals surface area contributed by atoms with Crippen molar-refractivity contribution in [1.29, 1.82) is 0 Å². The minimum Gasteiger partial charge on any atom is -0.494 e. The molecule has 1 N–H and O–H groups in total. The number of hydrogen-bond acceptors (Lipinski definition) is 3. The summed E-state index contributed by atoms with van der Waals surface area (Å²) >= 11 is 0.